The summed E-state index contributed by atoms with van der Waals surface area (Å²) < 4.78 is 37.1. The fraction of sp³-hybridized carbons (Fsp3) is 0.227. The molecular weight excluding hydrogens is 535 g/mol. The van der Waals surface area contributed by atoms with E-state index in [4.69, 9.17) is 5.73 Å². The third kappa shape index (κ3) is 5.89. The van der Waals surface area contributed by atoms with Crippen LogP contribution in [0.3, 0.4) is 0 Å². The summed E-state index contributed by atoms with van der Waals surface area (Å²) >= 11 is 1.19. The fourth-order valence-electron chi connectivity index (χ4n) is 4.06. The SMILES string of the molecule is NC(=O)c1cc[n+](CC2=C(C(=O)O)N3C(=O)[C@@H](NC(=O)[C@@H](c4ccccc4)S(=O)(=O)[O-])[C@H]3SC2)cc1.[Na+]. The van der Waals surface area contributed by atoms with Gasteiger partial charge in [-0.15, -0.1) is 11.8 Å². The van der Waals surface area contributed by atoms with Gasteiger partial charge in [0.2, 0.25) is 11.8 Å². The normalized spacial score (nSPS) is 19.7. The summed E-state index contributed by atoms with van der Waals surface area (Å²) in [6.45, 7) is 0.117. The van der Waals surface area contributed by atoms with Crippen molar-refractivity contribution in [3.05, 3.63) is 77.3 Å². The van der Waals surface area contributed by atoms with E-state index >= 15 is 0 Å². The predicted molar refractivity (Wildman–Crippen MR) is 124 cm³/mol. The predicted octanol–water partition coefficient (Wildman–Crippen LogP) is -3.90. The number of nitrogens with one attached hydrogen (secondary N) is 1. The maximum absolute atomic E-state index is 12.9. The molecule has 3 heterocycles. The first-order valence-electron chi connectivity index (χ1n) is 10.5. The van der Waals surface area contributed by atoms with Crippen LogP contribution in [-0.4, -0.2) is 63.8 Å². The first kappa shape index (κ1) is 28.8. The molecule has 4 rings (SSSR count). The number of rotatable bonds is 8. The topological polar surface area (TPSA) is 191 Å². The second-order valence-electron chi connectivity index (χ2n) is 8.06. The Morgan fingerprint density at radius 1 is 1.19 bits per heavy atom. The number of nitrogens with two attached hydrogens (primary N) is 1. The van der Waals surface area contributed by atoms with Gasteiger partial charge in [-0.3, -0.25) is 19.3 Å². The second kappa shape index (κ2) is 11.3. The molecule has 0 saturated carbocycles. The Hall–Kier alpha value is -2.75. The van der Waals surface area contributed by atoms with Gasteiger partial charge in [0, 0.05) is 23.5 Å². The average molecular weight is 556 g/mol. The number of amides is 3. The number of benzene rings is 1. The van der Waals surface area contributed by atoms with Crippen molar-refractivity contribution in [1.29, 1.82) is 0 Å². The van der Waals surface area contributed by atoms with E-state index < -0.39 is 50.5 Å². The molecule has 1 aromatic heterocycles. The fourth-order valence-corrected chi connectivity index (χ4v) is 6.21. The summed E-state index contributed by atoms with van der Waals surface area (Å²) in [4.78, 5) is 50.0. The molecule has 0 bridgehead atoms. The van der Waals surface area contributed by atoms with Crippen molar-refractivity contribution >= 4 is 45.6 Å². The molecule has 2 aromatic rings. The molecule has 37 heavy (non-hydrogen) atoms. The summed E-state index contributed by atoms with van der Waals surface area (Å²) in [6.07, 6.45) is 3.11. The minimum Gasteiger partial charge on any atom is -0.747 e. The van der Waals surface area contributed by atoms with Gasteiger partial charge >= 0.3 is 35.5 Å². The van der Waals surface area contributed by atoms with Crippen LogP contribution in [0.4, 0.5) is 0 Å². The Balaban J connectivity index is 0.00000380. The van der Waals surface area contributed by atoms with Crippen molar-refractivity contribution in [1.82, 2.24) is 10.2 Å². The molecule has 1 saturated heterocycles. The Labute approximate surface area is 237 Å². The molecule has 3 amide bonds. The van der Waals surface area contributed by atoms with E-state index in [1.54, 1.807) is 23.0 Å². The number of fused-ring (bicyclic) bond motifs is 1. The molecule has 0 radical (unpaired) electrons. The van der Waals surface area contributed by atoms with Gasteiger partial charge < -0.3 is 20.7 Å². The smallest absolute Gasteiger partial charge is 0.747 e. The molecule has 0 spiro atoms. The monoisotopic (exact) mass is 555 g/mol. The number of hydrogen-bond acceptors (Lipinski definition) is 8. The zero-order valence-electron chi connectivity index (χ0n) is 19.4. The summed E-state index contributed by atoms with van der Waals surface area (Å²) in [7, 11) is -5.10. The molecule has 0 unspecified atom stereocenters. The van der Waals surface area contributed by atoms with E-state index in [2.05, 4.69) is 5.32 Å². The molecule has 3 atom stereocenters. The largest absolute Gasteiger partial charge is 1.00 e. The molecule has 4 N–H and O–H groups in total. The summed E-state index contributed by atoms with van der Waals surface area (Å²) in [5, 5.41) is 9.29. The number of carboxylic acids is 1. The van der Waals surface area contributed by atoms with Gasteiger partial charge in [-0.2, -0.15) is 0 Å². The van der Waals surface area contributed by atoms with Crippen LogP contribution in [0, 0.1) is 0 Å². The van der Waals surface area contributed by atoms with Gasteiger partial charge in [0.05, 0.1) is 5.56 Å². The van der Waals surface area contributed by atoms with Crippen LogP contribution in [0.5, 0.6) is 0 Å². The molecule has 12 nitrogen and oxygen atoms in total. The molecule has 1 fully saturated rings. The van der Waals surface area contributed by atoms with E-state index in [9.17, 15) is 37.3 Å². The summed E-state index contributed by atoms with van der Waals surface area (Å²) in [5.74, 6) is -3.64. The van der Waals surface area contributed by atoms with Crippen molar-refractivity contribution in [2.75, 3.05) is 5.75 Å². The molecule has 2 aliphatic heterocycles. The Bertz CT molecular complexity index is 1380. The number of nitrogens with zero attached hydrogens (tertiary/aromatic N) is 2. The maximum Gasteiger partial charge on any atom is 1.00 e. The van der Waals surface area contributed by atoms with E-state index in [1.807, 2.05) is 0 Å². The van der Waals surface area contributed by atoms with Crippen LogP contribution < -0.4 is 45.2 Å². The number of carbonyl (C=O) groups excluding carboxylic acids is 3. The van der Waals surface area contributed by atoms with Crippen LogP contribution in [-0.2, 0) is 31.0 Å². The van der Waals surface area contributed by atoms with Crippen LogP contribution in [0.2, 0.25) is 0 Å². The summed E-state index contributed by atoms with van der Waals surface area (Å²) in [6, 6.07) is 8.92. The maximum atomic E-state index is 12.9. The number of β-lactam (4-membered cyclic amide) rings is 1. The zero-order chi connectivity index (χ0) is 26.2. The van der Waals surface area contributed by atoms with Gasteiger partial charge in [0.25, 0.3) is 5.91 Å². The number of hydrogen-bond donors (Lipinski definition) is 3. The molecule has 188 valence electrons. The van der Waals surface area contributed by atoms with Gasteiger partial charge in [-0.25, -0.2) is 17.8 Å². The Morgan fingerprint density at radius 2 is 1.81 bits per heavy atom. The number of aromatic nitrogens is 1. The number of aliphatic carboxylic acids is 1. The van der Waals surface area contributed by atoms with Crippen molar-refractivity contribution < 1.29 is 71.4 Å². The molecule has 2 aliphatic rings. The standard InChI is InChI=1S/C22H20N4O8S2.Na/c23-18(27)13-6-8-25(9-7-13)10-14-11-35-21-15(20(29)26(21)16(14)22(30)31)24-19(28)17(36(32,33)34)12-4-2-1-3-5-12;/h1-9,15,17,21H,10-11H2,(H4-,23,24,27,28,30,31,32,33,34);/q;+1/t15-,17-,21-;/m1./s1. The quantitative estimate of drug-likeness (QED) is 0.126. The first-order valence-corrected chi connectivity index (χ1v) is 13.0. The molecule has 0 aliphatic carbocycles. The van der Waals surface area contributed by atoms with Crippen molar-refractivity contribution in [2.24, 2.45) is 5.73 Å². The Morgan fingerprint density at radius 3 is 2.35 bits per heavy atom. The van der Waals surface area contributed by atoms with Crippen LogP contribution in [0.1, 0.15) is 21.2 Å². The number of carboxylic acid groups (broad SMARTS) is 1. The number of pyridine rings is 1. The summed E-state index contributed by atoms with van der Waals surface area (Å²) in [5.41, 5.74) is 5.64. The van der Waals surface area contributed by atoms with Crippen molar-refractivity contribution in [3.8, 4) is 0 Å². The van der Waals surface area contributed by atoms with Gasteiger partial charge in [0.15, 0.2) is 24.2 Å². The van der Waals surface area contributed by atoms with E-state index in [1.165, 1.54) is 48.2 Å². The third-order valence-corrected chi connectivity index (χ3v) is 8.13. The zero-order valence-corrected chi connectivity index (χ0v) is 23.1. The number of carbonyl (C=O) groups is 4. The van der Waals surface area contributed by atoms with E-state index in [0.29, 0.717) is 5.57 Å². The van der Waals surface area contributed by atoms with Gasteiger partial charge in [0.1, 0.15) is 27.2 Å². The molecule has 1 aromatic carbocycles. The van der Waals surface area contributed by atoms with Crippen LogP contribution in [0.25, 0.3) is 0 Å². The van der Waals surface area contributed by atoms with E-state index in [-0.39, 0.29) is 58.7 Å². The van der Waals surface area contributed by atoms with Crippen LogP contribution >= 0.6 is 11.8 Å². The molecule has 15 heteroatoms. The van der Waals surface area contributed by atoms with Gasteiger partial charge in [-0.1, -0.05) is 30.3 Å². The number of primary amides is 1. The van der Waals surface area contributed by atoms with Crippen molar-refractivity contribution in [3.63, 3.8) is 0 Å². The molecular formula is C22H20N4NaO8S2+. The first-order chi connectivity index (χ1) is 17.0. The van der Waals surface area contributed by atoms with Crippen LogP contribution in [0.15, 0.2) is 66.1 Å². The Kier molecular flexibility index (Phi) is 8.82. The van der Waals surface area contributed by atoms with E-state index in [0.717, 1.165) is 4.90 Å². The number of thioether (sulfide) groups is 1. The minimum absolute atomic E-state index is 0. The van der Waals surface area contributed by atoms with Crippen molar-refractivity contribution in [2.45, 2.75) is 23.2 Å². The third-order valence-electron chi connectivity index (χ3n) is 5.73. The van der Waals surface area contributed by atoms with Gasteiger partial charge in [-0.05, 0) is 5.56 Å². The average Bonchev–Trinajstić information content (AvgIpc) is 2.82. The minimum atomic E-state index is -5.10. The second-order valence-corrected chi connectivity index (χ2v) is 10.6.